The standard InChI is InChI=1S/C13H22N2O4S/c16-10-7-5-9(6-8-10)14-13-15-20(17,18)12-4-2-1-3-11(12)19-13/h9-12,16H,1-8H2,(H,14,15). The molecule has 7 heteroatoms. The number of nitrogens with zero attached hydrogens (tertiary/aromatic N) is 1. The van der Waals surface area contributed by atoms with Crippen molar-refractivity contribution in [3.63, 3.8) is 0 Å². The summed E-state index contributed by atoms with van der Waals surface area (Å²) in [7, 11) is -3.35. The van der Waals surface area contributed by atoms with Gasteiger partial charge in [0, 0.05) is 0 Å². The van der Waals surface area contributed by atoms with Gasteiger partial charge in [0.05, 0.1) is 12.1 Å². The first-order chi connectivity index (χ1) is 9.54. The molecular formula is C13H22N2O4S. The van der Waals surface area contributed by atoms with Crippen LogP contribution in [0.3, 0.4) is 0 Å². The van der Waals surface area contributed by atoms with E-state index in [4.69, 9.17) is 4.74 Å². The van der Waals surface area contributed by atoms with Gasteiger partial charge in [-0.25, -0.2) is 18.1 Å². The first-order valence-corrected chi connectivity index (χ1v) is 9.03. The van der Waals surface area contributed by atoms with Crippen LogP contribution in [0.2, 0.25) is 0 Å². The van der Waals surface area contributed by atoms with Crippen molar-refractivity contribution >= 4 is 16.0 Å². The minimum absolute atomic E-state index is 0.0521. The fourth-order valence-electron chi connectivity index (χ4n) is 3.33. The van der Waals surface area contributed by atoms with Gasteiger partial charge in [-0.3, -0.25) is 0 Å². The quantitative estimate of drug-likeness (QED) is 0.753. The molecule has 2 saturated carbocycles. The summed E-state index contributed by atoms with van der Waals surface area (Å²) in [4.78, 5) is 4.41. The van der Waals surface area contributed by atoms with Crippen molar-refractivity contribution in [1.29, 1.82) is 0 Å². The Morgan fingerprint density at radius 2 is 1.80 bits per heavy atom. The van der Waals surface area contributed by atoms with E-state index in [2.05, 4.69) is 9.71 Å². The Hall–Kier alpha value is -0.820. The molecule has 3 fully saturated rings. The fourth-order valence-corrected chi connectivity index (χ4v) is 4.89. The second kappa shape index (κ2) is 5.52. The number of aliphatic imine (C=N–C) groups is 1. The van der Waals surface area contributed by atoms with Crippen LogP contribution in [0.5, 0.6) is 0 Å². The molecule has 0 spiro atoms. The van der Waals surface area contributed by atoms with Gasteiger partial charge in [0.25, 0.3) is 6.02 Å². The van der Waals surface area contributed by atoms with Crippen molar-refractivity contribution in [2.75, 3.05) is 0 Å². The van der Waals surface area contributed by atoms with Crippen molar-refractivity contribution in [2.45, 2.75) is 74.9 Å². The Labute approximate surface area is 119 Å². The third kappa shape index (κ3) is 2.93. The van der Waals surface area contributed by atoms with Crippen LogP contribution >= 0.6 is 0 Å². The van der Waals surface area contributed by atoms with Gasteiger partial charge < -0.3 is 9.84 Å². The Morgan fingerprint density at radius 3 is 2.55 bits per heavy atom. The number of nitrogens with one attached hydrogen (secondary N) is 1. The number of fused-ring (bicyclic) bond motifs is 1. The average Bonchev–Trinajstić information content (AvgIpc) is 2.41. The number of ether oxygens (including phenoxy) is 1. The molecular weight excluding hydrogens is 280 g/mol. The number of aliphatic hydroxyl groups excluding tert-OH is 1. The van der Waals surface area contributed by atoms with Gasteiger partial charge >= 0.3 is 0 Å². The largest absolute Gasteiger partial charge is 0.460 e. The topological polar surface area (TPSA) is 88.0 Å². The zero-order valence-electron chi connectivity index (χ0n) is 11.5. The van der Waals surface area contributed by atoms with E-state index in [0.717, 1.165) is 44.9 Å². The van der Waals surface area contributed by atoms with Crippen LogP contribution in [0.4, 0.5) is 0 Å². The zero-order chi connectivity index (χ0) is 14.2. The number of rotatable bonds is 1. The monoisotopic (exact) mass is 302 g/mol. The highest BCUT2D eigenvalue weighted by atomic mass is 32.2. The van der Waals surface area contributed by atoms with Crippen LogP contribution < -0.4 is 4.72 Å². The summed E-state index contributed by atoms with van der Waals surface area (Å²) in [5, 5.41) is 9.05. The van der Waals surface area contributed by atoms with Crippen LogP contribution in [0.15, 0.2) is 4.99 Å². The lowest BCUT2D eigenvalue weighted by atomic mass is 9.94. The van der Waals surface area contributed by atoms with E-state index in [1.807, 2.05) is 0 Å². The predicted octanol–water partition coefficient (Wildman–Crippen LogP) is 0.907. The van der Waals surface area contributed by atoms with E-state index in [1.165, 1.54) is 0 Å². The first kappa shape index (κ1) is 14.1. The fraction of sp³-hybridized carbons (Fsp3) is 0.923. The molecule has 0 bridgehead atoms. The highest BCUT2D eigenvalue weighted by Gasteiger charge is 2.42. The average molecular weight is 302 g/mol. The molecule has 0 aromatic rings. The normalized spacial score (nSPS) is 42.4. The molecule has 1 heterocycles. The highest BCUT2D eigenvalue weighted by Crippen LogP contribution is 2.30. The molecule has 2 atom stereocenters. The van der Waals surface area contributed by atoms with Crippen molar-refractivity contribution in [1.82, 2.24) is 4.72 Å². The van der Waals surface area contributed by atoms with Gasteiger partial charge in [0.2, 0.25) is 10.0 Å². The van der Waals surface area contributed by atoms with Crippen LogP contribution in [-0.4, -0.2) is 43.0 Å². The summed E-state index contributed by atoms with van der Waals surface area (Å²) in [5.74, 6) is 0. The molecule has 0 amide bonds. The molecule has 3 aliphatic rings. The maximum Gasteiger partial charge on any atom is 0.299 e. The van der Waals surface area contributed by atoms with Crippen LogP contribution in [0.25, 0.3) is 0 Å². The van der Waals surface area contributed by atoms with Crippen molar-refractivity contribution in [3.05, 3.63) is 0 Å². The second-order valence-electron chi connectivity index (χ2n) is 6.02. The molecule has 6 nitrogen and oxygen atoms in total. The molecule has 0 aromatic carbocycles. The Bertz CT molecular complexity index is 483. The molecule has 1 saturated heterocycles. The summed E-state index contributed by atoms with van der Waals surface area (Å²) in [6.07, 6.45) is 5.93. The molecule has 0 aromatic heterocycles. The maximum absolute atomic E-state index is 12.2. The van der Waals surface area contributed by atoms with Gasteiger partial charge in [-0.15, -0.1) is 0 Å². The number of amidine groups is 1. The lowest BCUT2D eigenvalue weighted by Gasteiger charge is -2.36. The van der Waals surface area contributed by atoms with Crippen molar-refractivity contribution in [3.8, 4) is 0 Å². The second-order valence-corrected chi connectivity index (χ2v) is 7.92. The zero-order valence-corrected chi connectivity index (χ0v) is 12.3. The van der Waals surface area contributed by atoms with Crippen molar-refractivity contribution in [2.24, 2.45) is 4.99 Å². The van der Waals surface area contributed by atoms with Crippen LogP contribution in [0, 0.1) is 0 Å². The van der Waals surface area contributed by atoms with E-state index in [1.54, 1.807) is 0 Å². The number of hydrogen-bond acceptors (Lipinski definition) is 5. The van der Waals surface area contributed by atoms with E-state index in [9.17, 15) is 13.5 Å². The van der Waals surface area contributed by atoms with Gasteiger partial charge in [0.15, 0.2) is 0 Å². The van der Waals surface area contributed by atoms with Crippen LogP contribution in [-0.2, 0) is 14.8 Å². The lowest BCUT2D eigenvalue weighted by Crippen LogP contribution is -2.54. The van der Waals surface area contributed by atoms with E-state index in [0.29, 0.717) is 6.42 Å². The van der Waals surface area contributed by atoms with E-state index in [-0.39, 0.29) is 24.3 Å². The SMILES string of the molecule is O=S1(=O)NC(=NC2CCC(O)CC2)OC2CCCCC21. The number of hydrogen-bond donors (Lipinski definition) is 2. The minimum Gasteiger partial charge on any atom is -0.460 e. The Kier molecular flexibility index (Phi) is 3.90. The van der Waals surface area contributed by atoms with Gasteiger partial charge in [-0.1, -0.05) is 6.42 Å². The molecule has 3 rings (SSSR count). The summed E-state index contributed by atoms with van der Waals surface area (Å²) in [6.45, 7) is 0. The highest BCUT2D eigenvalue weighted by molar-refractivity contribution is 7.90. The molecule has 1 aliphatic heterocycles. The minimum atomic E-state index is -3.35. The van der Waals surface area contributed by atoms with Gasteiger partial charge in [-0.2, -0.15) is 0 Å². The number of sulfonamides is 1. The predicted molar refractivity (Wildman–Crippen MR) is 74.9 cm³/mol. The van der Waals surface area contributed by atoms with Crippen molar-refractivity contribution < 1.29 is 18.3 Å². The molecule has 20 heavy (non-hydrogen) atoms. The molecule has 114 valence electrons. The lowest BCUT2D eigenvalue weighted by molar-refractivity contribution is 0.117. The summed E-state index contributed by atoms with van der Waals surface area (Å²) in [5.41, 5.74) is 0. The Morgan fingerprint density at radius 1 is 1.10 bits per heavy atom. The Balaban J connectivity index is 1.72. The molecule has 2 unspecified atom stereocenters. The third-order valence-electron chi connectivity index (χ3n) is 4.50. The molecule has 0 radical (unpaired) electrons. The van der Waals surface area contributed by atoms with Crippen LogP contribution in [0.1, 0.15) is 51.4 Å². The number of aliphatic hydroxyl groups is 1. The first-order valence-electron chi connectivity index (χ1n) is 7.49. The summed E-state index contributed by atoms with van der Waals surface area (Å²) in [6, 6.07) is 0.214. The molecule has 2 aliphatic carbocycles. The third-order valence-corrected chi connectivity index (χ3v) is 6.29. The summed E-state index contributed by atoms with van der Waals surface area (Å²) < 4.78 is 32.7. The van der Waals surface area contributed by atoms with E-state index >= 15 is 0 Å². The maximum atomic E-state index is 12.2. The van der Waals surface area contributed by atoms with E-state index < -0.39 is 15.3 Å². The molecule has 2 N–H and O–H groups in total. The van der Waals surface area contributed by atoms with Gasteiger partial charge in [-0.05, 0) is 44.9 Å². The summed E-state index contributed by atoms with van der Waals surface area (Å²) >= 11 is 0. The smallest absolute Gasteiger partial charge is 0.299 e. The van der Waals surface area contributed by atoms with Gasteiger partial charge in [0.1, 0.15) is 11.4 Å².